The van der Waals surface area contributed by atoms with Crippen LogP contribution in [-0.4, -0.2) is 30.3 Å². The van der Waals surface area contributed by atoms with E-state index in [1.54, 1.807) is 0 Å². The molecular weight excluding hydrogens is 238 g/mol. The normalized spacial score (nSPS) is 19.5. The van der Waals surface area contributed by atoms with Gasteiger partial charge >= 0.3 is 0 Å². The first-order valence-electron chi connectivity index (χ1n) is 8.09. The van der Waals surface area contributed by atoms with Crippen molar-refractivity contribution < 1.29 is 0 Å². The van der Waals surface area contributed by atoms with Crippen LogP contribution in [0.15, 0.2) is 0 Å². The quantitative estimate of drug-likeness (QED) is 0.653. The third-order valence-corrected chi connectivity index (χ3v) is 5.07. The average molecular weight is 272 g/mol. The highest BCUT2D eigenvalue weighted by Gasteiger charge is 2.29. The molecule has 2 heteroatoms. The van der Waals surface area contributed by atoms with Crippen LogP contribution in [0.5, 0.6) is 0 Å². The lowest BCUT2D eigenvalue weighted by molar-refractivity contribution is 0.137. The molecule has 0 aliphatic carbocycles. The number of hydrogen-bond donors (Lipinski definition) is 1. The number of rotatable bonds is 7. The number of thiol groups is 1. The fourth-order valence-electron chi connectivity index (χ4n) is 3.50. The molecule has 0 N–H and O–H groups in total. The zero-order valence-electron chi connectivity index (χ0n) is 12.6. The van der Waals surface area contributed by atoms with Gasteiger partial charge in [-0.25, -0.2) is 0 Å². The van der Waals surface area contributed by atoms with Crippen molar-refractivity contribution >= 4 is 12.6 Å². The van der Waals surface area contributed by atoms with E-state index in [2.05, 4.69) is 18.7 Å². The highest BCUT2D eigenvalue weighted by Crippen LogP contribution is 2.33. The number of hydrogen-bond acceptors (Lipinski definition) is 2. The number of nitrogens with zero attached hydrogens (tertiary/aromatic N) is 1. The van der Waals surface area contributed by atoms with Crippen molar-refractivity contribution in [3.8, 4) is 0 Å². The van der Waals surface area contributed by atoms with Crippen molar-refractivity contribution in [2.45, 2.75) is 71.6 Å². The van der Waals surface area contributed by atoms with E-state index in [4.69, 9.17) is 12.6 Å². The summed E-state index contributed by atoms with van der Waals surface area (Å²) in [5.74, 6) is 1.06. The third-order valence-electron chi connectivity index (χ3n) is 4.40. The van der Waals surface area contributed by atoms with Gasteiger partial charge in [0.2, 0.25) is 0 Å². The van der Waals surface area contributed by atoms with E-state index in [1.807, 2.05) is 0 Å². The van der Waals surface area contributed by atoms with Crippen LogP contribution in [0.2, 0.25) is 0 Å². The summed E-state index contributed by atoms with van der Waals surface area (Å²) in [6.45, 7) is 8.58. The van der Waals surface area contributed by atoms with Crippen molar-refractivity contribution in [2.24, 2.45) is 5.41 Å². The lowest BCUT2D eigenvalue weighted by Gasteiger charge is -2.38. The van der Waals surface area contributed by atoms with E-state index < -0.39 is 0 Å². The Labute approximate surface area is 120 Å². The van der Waals surface area contributed by atoms with Crippen LogP contribution >= 0.6 is 12.6 Å². The summed E-state index contributed by atoms with van der Waals surface area (Å²) in [7, 11) is 0. The first-order valence-corrected chi connectivity index (χ1v) is 8.73. The van der Waals surface area contributed by atoms with Gasteiger partial charge in [0, 0.05) is 6.54 Å². The summed E-state index contributed by atoms with van der Waals surface area (Å²) in [6.07, 6.45) is 12.4. The van der Waals surface area contributed by atoms with Crippen molar-refractivity contribution in [3.05, 3.63) is 0 Å². The molecule has 1 heterocycles. The molecular formula is C16H33NS. The van der Waals surface area contributed by atoms with Crippen LogP contribution in [0.3, 0.4) is 0 Å². The van der Waals surface area contributed by atoms with Gasteiger partial charge in [-0.15, -0.1) is 0 Å². The van der Waals surface area contributed by atoms with Crippen molar-refractivity contribution in [1.82, 2.24) is 4.90 Å². The van der Waals surface area contributed by atoms with Crippen molar-refractivity contribution in [2.75, 3.05) is 25.4 Å². The molecule has 0 atom stereocenters. The molecule has 0 saturated carbocycles. The summed E-state index contributed by atoms with van der Waals surface area (Å²) in [4.78, 5) is 2.74. The van der Waals surface area contributed by atoms with Crippen molar-refractivity contribution in [3.63, 3.8) is 0 Å². The molecule has 0 bridgehead atoms. The van der Waals surface area contributed by atoms with E-state index in [0.29, 0.717) is 5.41 Å². The molecule has 1 saturated heterocycles. The van der Waals surface area contributed by atoms with Crippen LogP contribution in [-0.2, 0) is 0 Å². The topological polar surface area (TPSA) is 3.24 Å². The van der Waals surface area contributed by atoms with Gasteiger partial charge in [-0.05, 0) is 49.9 Å². The molecule has 0 unspecified atom stereocenters. The minimum absolute atomic E-state index is 0.478. The Bertz CT molecular complexity index is 191. The molecule has 108 valence electrons. The van der Waals surface area contributed by atoms with Gasteiger partial charge in [0.15, 0.2) is 0 Å². The monoisotopic (exact) mass is 271 g/mol. The molecule has 0 aromatic heterocycles. The Morgan fingerprint density at radius 2 is 1.39 bits per heavy atom. The summed E-state index contributed by atoms with van der Waals surface area (Å²) < 4.78 is 0. The lowest BCUT2D eigenvalue weighted by atomic mass is 9.80. The SMILES string of the molecule is CCCC(CS)(CCC)CN1CCCCCCC1. The molecule has 18 heavy (non-hydrogen) atoms. The Hall–Kier alpha value is 0.310. The Morgan fingerprint density at radius 3 is 1.83 bits per heavy atom. The minimum Gasteiger partial charge on any atom is -0.303 e. The molecule has 0 spiro atoms. The van der Waals surface area contributed by atoms with E-state index in [-0.39, 0.29) is 0 Å². The van der Waals surface area contributed by atoms with E-state index in [0.717, 1.165) is 5.75 Å². The zero-order chi connectivity index (χ0) is 13.3. The maximum atomic E-state index is 4.69. The molecule has 0 amide bonds. The van der Waals surface area contributed by atoms with Gasteiger partial charge in [0.25, 0.3) is 0 Å². The molecule has 0 radical (unpaired) electrons. The van der Waals surface area contributed by atoms with E-state index >= 15 is 0 Å². The van der Waals surface area contributed by atoms with Gasteiger partial charge in [0.1, 0.15) is 0 Å². The molecule has 1 aliphatic rings. The van der Waals surface area contributed by atoms with E-state index in [1.165, 1.54) is 77.4 Å². The standard InChI is InChI=1S/C16H33NS/c1-3-10-16(15-18,11-4-2)14-17-12-8-6-5-7-9-13-17/h18H,3-15H2,1-2H3. The van der Waals surface area contributed by atoms with E-state index in [9.17, 15) is 0 Å². The van der Waals surface area contributed by atoms with Crippen LogP contribution in [0, 0.1) is 5.41 Å². The van der Waals surface area contributed by atoms with Gasteiger partial charge in [-0.3, -0.25) is 0 Å². The summed E-state index contributed by atoms with van der Waals surface area (Å²) in [5.41, 5.74) is 0.478. The summed E-state index contributed by atoms with van der Waals surface area (Å²) in [5, 5.41) is 0. The smallest absolute Gasteiger partial charge is 0.00458 e. The maximum Gasteiger partial charge on any atom is 0.00458 e. The second-order valence-electron chi connectivity index (χ2n) is 6.20. The predicted octanol–water partition coefficient (Wildman–Crippen LogP) is 4.77. The summed E-state index contributed by atoms with van der Waals surface area (Å²) >= 11 is 4.69. The highest BCUT2D eigenvalue weighted by atomic mass is 32.1. The molecule has 1 rings (SSSR count). The first-order chi connectivity index (χ1) is 8.76. The second kappa shape index (κ2) is 9.25. The van der Waals surface area contributed by atoms with Crippen molar-refractivity contribution in [1.29, 1.82) is 0 Å². The fraction of sp³-hybridized carbons (Fsp3) is 1.00. The maximum absolute atomic E-state index is 4.69. The Balaban J connectivity index is 2.55. The first kappa shape index (κ1) is 16.4. The second-order valence-corrected chi connectivity index (χ2v) is 6.52. The molecule has 0 aromatic carbocycles. The van der Waals surface area contributed by atoms with Gasteiger partial charge in [-0.1, -0.05) is 46.0 Å². The largest absolute Gasteiger partial charge is 0.303 e. The minimum atomic E-state index is 0.478. The van der Waals surface area contributed by atoms with Crippen LogP contribution < -0.4 is 0 Å². The summed E-state index contributed by atoms with van der Waals surface area (Å²) in [6, 6.07) is 0. The molecule has 1 aliphatic heterocycles. The molecule has 0 aromatic rings. The van der Waals surface area contributed by atoms with Crippen LogP contribution in [0.4, 0.5) is 0 Å². The Morgan fingerprint density at radius 1 is 0.889 bits per heavy atom. The zero-order valence-corrected chi connectivity index (χ0v) is 13.5. The van der Waals surface area contributed by atoms with Gasteiger partial charge in [0.05, 0.1) is 0 Å². The molecule has 1 fully saturated rings. The highest BCUT2D eigenvalue weighted by molar-refractivity contribution is 7.80. The number of likely N-dealkylation sites (tertiary alicyclic amines) is 1. The third kappa shape index (κ3) is 5.52. The van der Waals surface area contributed by atoms with Crippen LogP contribution in [0.1, 0.15) is 71.6 Å². The lowest BCUT2D eigenvalue weighted by Crippen LogP contribution is -2.40. The van der Waals surface area contributed by atoms with Gasteiger partial charge < -0.3 is 4.90 Å². The fourth-order valence-corrected chi connectivity index (χ4v) is 3.91. The Kier molecular flexibility index (Phi) is 8.41. The van der Waals surface area contributed by atoms with Crippen LogP contribution in [0.25, 0.3) is 0 Å². The average Bonchev–Trinajstić information content (AvgIpc) is 2.33. The predicted molar refractivity (Wildman–Crippen MR) is 85.6 cm³/mol. The van der Waals surface area contributed by atoms with Gasteiger partial charge in [-0.2, -0.15) is 12.6 Å². The molecule has 1 nitrogen and oxygen atoms in total.